The minimum atomic E-state index is 0.0298. The van der Waals surface area contributed by atoms with Crippen molar-refractivity contribution in [1.29, 1.82) is 0 Å². The van der Waals surface area contributed by atoms with Crippen molar-refractivity contribution in [3.05, 3.63) is 40.9 Å². The number of aromatic nitrogens is 1. The molecule has 0 aliphatic rings. The number of benzene rings is 1. The van der Waals surface area contributed by atoms with Gasteiger partial charge in [0.15, 0.2) is 0 Å². The van der Waals surface area contributed by atoms with Gasteiger partial charge in [-0.2, -0.15) is 0 Å². The summed E-state index contributed by atoms with van der Waals surface area (Å²) in [6.45, 7) is 3.30. The quantitative estimate of drug-likeness (QED) is 0.857. The van der Waals surface area contributed by atoms with Crippen molar-refractivity contribution in [3.8, 4) is 10.6 Å². The third-order valence-corrected chi connectivity index (χ3v) is 3.84. The van der Waals surface area contributed by atoms with Crippen LogP contribution in [-0.2, 0) is 17.8 Å². The molecule has 1 aromatic carbocycles. The zero-order chi connectivity index (χ0) is 14.4. The van der Waals surface area contributed by atoms with E-state index in [0.29, 0.717) is 13.0 Å². The highest BCUT2D eigenvalue weighted by molar-refractivity contribution is 7.13. The Bertz CT molecular complexity index is 563. The van der Waals surface area contributed by atoms with E-state index in [0.717, 1.165) is 34.8 Å². The fourth-order valence-corrected chi connectivity index (χ4v) is 2.62. The van der Waals surface area contributed by atoms with Gasteiger partial charge in [-0.15, -0.1) is 11.3 Å². The number of nitrogens with zero attached hydrogens (tertiary/aromatic N) is 1. The van der Waals surface area contributed by atoms with Crippen molar-refractivity contribution in [2.45, 2.75) is 26.3 Å². The summed E-state index contributed by atoms with van der Waals surface area (Å²) in [5, 5.41) is 5.74. The fraction of sp³-hybridized carbons (Fsp3) is 0.333. The first kappa shape index (κ1) is 14.7. The highest BCUT2D eigenvalue weighted by Crippen LogP contribution is 2.24. The molecule has 0 saturated carbocycles. The van der Waals surface area contributed by atoms with Crippen LogP contribution < -0.4 is 11.1 Å². The van der Waals surface area contributed by atoms with Crippen LogP contribution in [0, 0.1) is 0 Å². The molecule has 0 radical (unpaired) electrons. The number of nitrogens with one attached hydrogen (secondary N) is 1. The van der Waals surface area contributed by atoms with Crippen molar-refractivity contribution < 1.29 is 4.79 Å². The number of carbonyl (C=O) groups excluding carboxylic acids is 1. The number of thiazole rings is 1. The number of rotatable bonds is 6. The largest absolute Gasteiger partial charge is 0.356 e. The number of amides is 1. The molecule has 4 nitrogen and oxygen atoms in total. The van der Waals surface area contributed by atoms with Gasteiger partial charge in [0.05, 0.1) is 12.1 Å². The third-order valence-electron chi connectivity index (χ3n) is 2.90. The lowest BCUT2D eigenvalue weighted by Crippen LogP contribution is -2.25. The lowest BCUT2D eigenvalue weighted by atomic mass is 10.1. The SMILES string of the molecule is CCCNC(=O)Cc1csc(-c2ccc(CN)cc2)n1. The van der Waals surface area contributed by atoms with Gasteiger partial charge in [0, 0.05) is 24.0 Å². The zero-order valence-corrected chi connectivity index (χ0v) is 12.4. The Balaban J connectivity index is 2.02. The average Bonchev–Trinajstić information content (AvgIpc) is 2.93. The predicted octanol–water partition coefficient (Wildman–Crippen LogP) is 2.34. The minimum Gasteiger partial charge on any atom is -0.356 e. The van der Waals surface area contributed by atoms with Crippen LogP contribution in [0.4, 0.5) is 0 Å². The molecule has 106 valence electrons. The van der Waals surface area contributed by atoms with Gasteiger partial charge in [0.2, 0.25) is 5.91 Å². The maximum atomic E-state index is 11.6. The molecule has 0 aliphatic heterocycles. The van der Waals surface area contributed by atoms with E-state index in [9.17, 15) is 4.79 Å². The van der Waals surface area contributed by atoms with E-state index >= 15 is 0 Å². The Kier molecular flexibility index (Phi) is 5.26. The van der Waals surface area contributed by atoms with Crippen LogP contribution in [0.1, 0.15) is 24.6 Å². The molecule has 0 bridgehead atoms. The van der Waals surface area contributed by atoms with E-state index < -0.39 is 0 Å². The summed E-state index contributed by atoms with van der Waals surface area (Å²) in [5.41, 5.74) is 8.56. The fourth-order valence-electron chi connectivity index (χ4n) is 1.80. The first-order valence-corrected chi connectivity index (χ1v) is 7.61. The monoisotopic (exact) mass is 289 g/mol. The molecule has 1 heterocycles. The van der Waals surface area contributed by atoms with Crippen LogP contribution >= 0.6 is 11.3 Å². The molecular weight excluding hydrogens is 270 g/mol. The van der Waals surface area contributed by atoms with Gasteiger partial charge in [-0.25, -0.2) is 4.98 Å². The second-order valence-corrected chi connectivity index (χ2v) is 5.43. The van der Waals surface area contributed by atoms with E-state index in [1.807, 2.05) is 36.6 Å². The van der Waals surface area contributed by atoms with Gasteiger partial charge in [0.25, 0.3) is 0 Å². The highest BCUT2D eigenvalue weighted by atomic mass is 32.1. The van der Waals surface area contributed by atoms with Crippen LogP contribution in [0.3, 0.4) is 0 Å². The topological polar surface area (TPSA) is 68.0 Å². The summed E-state index contributed by atoms with van der Waals surface area (Å²) in [7, 11) is 0. The van der Waals surface area contributed by atoms with Crippen molar-refractivity contribution in [3.63, 3.8) is 0 Å². The van der Waals surface area contributed by atoms with Gasteiger partial charge < -0.3 is 11.1 Å². The number of nitrogens with two attached hydrogens (primary N) is 1. The van der Waals surface area contributed by atoms with Gasteiger partial charge in [-0.1, -0.05) is 31.2 Å². The standard InChI is InChI=1S/C15H19N3OS/c1-2-7-17-14(19)8-13-10-20-15(18-13)12-5-3-11(9-16)4-6-12/h3-6,10H,2,7-9,16H2,1H3,(H,17,19). The van der Waals surface area contributed by atoms with Gasteiger partial charge >= 0.3 is 0 Å². The molecule has 20 heavy (non-hydrogen) atoms. The maximum absolute atomic E-state index is 11.6. The summed E-state index contributed by atoms with van der Waals surface area (Å²) in [6.07, 6.45) is 1.29. The Morgan fingerprint density at radius 3 is 2.75 bits per heavy atom. The molecule has 0 fully saturated rings. The predicted molar refractivity (Wildman–Crippen MR) is 82.4 cm³/mol. The third kappa shape index (κ3) is 3.88. The van der Waals surface area contributed by atoms with Crippen LogP contribution in [0.5, 0.6) is 0 Å². The second-order valence-electron chi connectivity index (χ2n) is 4.57. The van der Waals surface area contributed by atoms with Gasteiger partial charge in [-0.3, -0.25) is 4.79 Å². The molecule has 0 aliphatic carbocycles. The molecule has 0 saturated heterocycles. The van der Waals surface area contributed by atoms with E-state index in [2.05, 4.69) is 10.3 Å². The smallest absolute Gasteiger partial charge is 0.226 e. The molecule has 0 atom stereocenters. The molecule has 3 N–H and O–H groups in total. The summed E-state index contributed by atoms with van der Waals surface area (Å²) in [6, 6.07) is 8.04. The number of hydrogen-bond donors (Lipinski definition) is 2. The lowest BCUT2D eigenvalue weighted by Gasteiger charge is -2.01. The Morgan fingerprint density at radius 2 is 2.10 bits per heavy atom. The molecule has 5 heteroatoms. The molecule has 0 unspecified atom stereocenters. The van der Waals surface area contributed by atoms with Crippen LogP contribution in [0.2, 0.25) is 0 Å². The summed E-state index contributed by atoms with van der Waals surface area (Å²) >= 11 is 1.56. The average molecular weight is 289 g/mol. The highest BCUT2D eigenvalue weighted by Gasteiger charge is 2.08. The first-order valence-electron chi connectivity index (χ1n) is 6.73. The molecule has 1 aromatic heterocycles. The van der Waals surface area contributed by atoms with Crippen molar-refractivity contribution in [2.24, 2.45) is 5.73 Å². The van der Waals surface area contributed by atoms with Crippen molar-refractivity contribution in [2.75, 3.05) is 6.54 Å². The number of hydrogen-bond acceptors (Lipinski definition) is 4. The van der Waals surface area contributed by atoms with Crippen LogP contribution in [0.15, 0.2) is 29.6 Å². The maximum Gasteiger partial charge on any atom is 0.226 e. The summed E-state index contributed by atoms with van der Waals surface area (Å²) < 4.78 is 0. The Labute approximate surface area is 123 Å². The Morgan fingerprint density at radius 1 is 1.35 bits per heavy atom. The lowest BCUT2D eigenvalue weighted by molar-refractivity contribution is -0.120. The van der Waals surface area contributed by atoms with Crippen LogP contribution in [0.25, 0.3) is 10.6 Å². The first-order chi connectivity index (χ1) is 9.72. The molecule has 2 aromatic rings. The molecular formula is C15H19N3OS. The van der Waals surface area contributed by atoms with Crippen LogP contribution in [-0.4, -0.2) is 17.4 Å². The minimum absolute atomic E-state index is 0.0298. The zero-order valence-electron chi connectivity index (χ0n) is 11.6. The Hall–Kier alpha value is -1.72. The van der Waals surface area contributed by atoms with E-state index in [4.69, 9.17) is 5.73 Å². The molecule has 2 rings (SSSR count). The van der Waals surface area contributed by atoms with Crippen molar-refractivity contribution >= 4 is 17.2 Å². The van der Waals surface area contributed by atoms with E-state index in [1.165, 1.54) is 0 Å². The van der Waals surface area contributed by atoms with Gasteiger partial charge in [0.1, 0.15) is 5.01 Å². The normalized spacial score (nSPS) is 10.5. The van der Waals surface area contributed by atoms with E-state index in [1.54, 1.807) is 11.3 Å². The van der Waals surface area contributed by atoms with Crippen molar-refractivity contribution in [1.82, 2.24) is 10.3 Å². The summed E-state index contributed by atoms with van der Waals surface area (Å²) in [5.74, 6) is 0.0298. The molecule has 1 amide bonds. The molecule has 0 spiro atoms. The summed E-state index contributed by atoms with van der Waals surface area (Å²) in [4.78, 5) is 16.2. The number of carbonyl (C=O) groups is 1. The second kappa shape index (κ2) is 7.17. The van der Waals surface area contributed by atoms with Gasteiger partial charge in [-0.05, 0) is 12.0 Å². The van der Waals surface area contributed by atoms with E-state index in [-0.39, 0.29) is 5.91 Å².